The number of hydrogen-bond donors (Lipinski definition) is 1. The van der Waals surface area contributed by atoms with Crippen LogP contribution in [0.4, 0.5) is 0 Å². The molecule has 1 unspecified atom stereocenters. The first-order chi connectivity index (χ1) is 9.20. The molecule has 1 fully saturated rings. The van der Waals surface area contributed by atoms with Crippen LogP contribution in [0.5, 0.6) is 0 Å². The minimum Gasteiger partial charge on any atom is -0.273 e. The van der Waals surface area contributed by atoms with Gasteiger partial charge in [-0.1, -0.05) is 6.92 Å². The van der Waals surface area contributed by atoms with E-state index >= 15 is 0 Å². The lowest BCUT2D eigenvalue weighted by atomic mass is 9.94. The topological polar surface area (TPSA) is 49.4 Å². The van der Waals surface area contributed by atoms with Crippen LogP contribution >= 0.6 is 11.3 Å². The Hall–Kier alpha value is -1.36. The van der Waals surface area contributed by atoms with Crippen molar-refractivity contribution in [3.8, 4) is 0 Å². The zero-order valence-corrected chi connectivity index (χ0v) is 12.0. The summed E-state index contributed by atoms with van der Waals surface area (Å²) in [5.41, 5.74) is 3.97. The number of carbonyl (C=O) groups is 2. The summed E-state index contributed by atoms with van der Waals surface area (Å²) < 4.78 is 0. The highest BCUT2D eigenvalue weighted by atomic mass is 32.1. The Kier molecular flexibility index (Phi) is 4.96. The van der Waals surface area contributed by atoms with Gasteiger partial charge in [-0.05, 0) is 47.6 Å². The van der Waals surface area contributed by atoms with Gasteiger partial charge in [-0.15, -0.1) is 0 Å². The summed E-state index contributed by atoms with van der Waals surface area (Å²) in [5.74, 6) is 0.259. The Labute approximate surface area is 117 Å². The Balaban J connectivity index is 1.95. The molecule has 4 nitrogen and oxygen atoms in total. The Morgan fingerprint density at radius 3 is 3.11 bits per heavy atom. The average molecular weight is 280 g/mol. The quantitative estimate of drug-likeness (QED) is 0.922. The van der Waals surface area contributed by atoms with Crippen molar-refractivity contribution in [2.24, 2.45) is 0 Å². The van der Waals surface area contributed by atoms with Crippen molar-refractivity contribution in [2.75, 3.05) is 6.54 Å². The summed E-state index contributed by atoms with van der Waals surface area (Å²) >= 11 is 1.66. The number of carbonyl (C=O) groups excluding carboxylic acids is 2. The molecule has 2 rings (SSSR count). The van der Waals surface area contributed by atoms with Gasteiger partial charge < -0.3 is 0 Å². The van der Waals surface area contributed by atoms with E-state index in [1.807, 2.05) is 12.3 Å². The van der Waals surface area contributed by atoms with Crippen molar-refractivity contribution in [3.63, 3.8) is 0 Å². The number of hydrazine groups is 1. The number of amides is 2. The van der Waals surface area contributed by atoms with Crippen molar-refractivity contribution < 1.29 is 9.59 Å². The number of nitrogens with zero attached hydrogens (tertiary/aromatic N) is 1. The SMILES string of the molecule is CCCC(=O)NN1CCCC(c2ccsc2)CC1=O. The van der Waals surface area contributed by atoms with E-state index in [9.17, 15) is 9.59 Å². The van der Waals surface area contributed by atoms with Crippen molar-refractivity contribution in [1.29, 1.82) is 0 Å². The van der Waals surface area contributed by atoms with Gasteiger partial charge in [0, 0.05) is 19.4 Å². The summed E-state index contributed by atoms with van der Waals surface area (Å²) in [6.07, 6.45) is 3.69. The maximum atomic E-state index is 12.2. The minimum atomic E-state index is -0.0650. The van der Waals surface area contributed by atoms with Crippen LogP contribution in [0.1, 0.15) is 50.5 Å². The molecule has 0 spiro atoms. The van der Waals surface area contributed by atoms with Crippen LogP contribution in [-0.4, -0.2) is 23.4 Å². The lowest BCUT2D eigenvalue weighted by Gasteiger charge is -2.21. The highest BCUT2D eigenvalue weighted by Crippen LogP contribution is 2.29. The second-order valence-electron chi connectivity index (χ2n) is 4.93. The molecule has 0 aliphatic carbocycles. The van der Waals surface area contributed by atoms with E-state index in [1.54, 1.807) is 11.3 Å². The molecule has 1 saturated heterocycles. The zero-order valence-electron chi connectivity index (χ0n) is 11.2. The van der Waals surface area contributed by atoms with E-state index < -0.39 is 0 Å². The summed E-state index contributed by atoms with van der Waals surface area (Å²) in [5, 5.41) is 5.67. The van der Waals surface area contributed by atoms with E-state index in [2.05, 4.69) is 16.9 Å². The van der Waals surface area contributed by atoms with Gasteiger partial charge in [-0.25, -0.2) is 0 Å². The molecule has 1 aliphatic rings. The summed E-state index contributed by atoms with van der Waals surface area (Å²) in [4.78, 5) is 23.8. The molecular formula is C14H20N2O2S. The summed E-state index contributed by atoms with van der Waals surface area (Å²) in [6.45, 7) is 2.57. The van der Waals surface area contributed by atoms with Gasteiger partial charge in [-0.2, -0.15) is 11.3 Å². The molecule has 0 bridgehead atoms. The van der Waals surface area contributed by atoms with Crippen LogP contribution < -0.4 is 5.43 Å². The van der Waals surface area contributed by atoms with Crippen LogP contribution in [0.25, 0.3) is 0 Å². The molecule has 2 heterocycles. The smallest absolute Gasteiger partial charge is 0.241 e. The summed E-state index contributed by atoms with van der Waals surface area (Å²) in [7, 11) is 0. The second kappa shape index (κ2) is 6.70. The maximum Gasteiger partial charge on any atom is 0.241 e. The Morgan fingerprint density at radius 2 is 2.42 bits per heavy atom. The molecule has 5 heteroatoms. The monoisotopic (exact) mass is 280 g/mol. The molecule has 1 N–H and O–H groups in total. The molecule has 1 aromatic heterocycles. The lowest BCUT2D eigenvalue weighted by Crippen LogP contribution is -2.45. The third-order valence-corrected chi connectivity index (χ3v) is 4.11. The molecule has 0 saturated carbocycles. The number of nitrogens with one attached hydrogen (secondary N) is 1. The van der Waals surface area contributed by atoms with E-state index in [-0.39, 0.29) is 11.8 Å². The van der Waals surface area contributed by atoms with Gasteiger partial charge in [-0.3, -0.25) is 20.0 Å². The van der Waals surface area contributed by atoms with E-state index in [1.165, 1.54) is 10.6 Å². The first-order valence-corrected chi connectivity index (χ1v) is 7.77. The van der Waals surface area contributed by atoms with Crippen LogP contribution in [0.3, 0.4) is 0 Å². The van der Waals surface area contributed by atoms with Crippen molar-refractivity contribution in [1.82, 2.24) is 10.4 Å². The van der Waals surface area contributed by atoms with Crippen LogP contribution in [0, 0.1) is 0 Å². The summed E-state index contributed by atoms with van der Waals surface area (Å²) in [6, 6.07) is 2.09. The molecule has 1 aromatic rings. The molecule has 1 aliphatic heterocycles. The Morgan fingerprint density at radius 1 is 1.58 bits per heavy atom. The van der Waals surface area contributed by atoms with Gasteiger partial charge in [0.25, 0.3) is 0 Å². The third-order valence-electron chi connectivity index (χ3n) is 3.41. The molecule has 104 valence electrons. The van der Waals surface area contributed by atoms with Gasteiger partial charge in [0.1, 0.15) is 0 Å². The van der Waals surface area contributed by atoms with E-state index in [4.69, 9.17) is 0 Å². The molecule has 1 atom stereocenters. The fourth-order valence-corrected chi connectivity index (χ4v) is 3.13. The largest absolute Gasteiger partial charge is 0.273 e. The first kappa shape index (κ1) is 14.1. The van der Waals surface area contributed by atoms with Gasteiger partial charge in [0.2, 0.25) is 11.8 Å². The lowest BCUT2D eigenvalue weighted by molar-refractivity contribution is -0.141. The minimum absolute atomic E-state index is 0.0261. The fourth-order valence-electron chi connectivity index (χ4n) is 2.39. The Bertz CT molecular complexity index is 431. The first-order valence-electron chi connectivity index (χ1n) is 6.82. The molecule has 0 radical (unpaired) electrons. The van der Waals surface area contributed by atoms with Crippen molar-refractivity contribution >= 4 is 23.2 Å². The van der Waals surface area contributed by atoms with E-state index in [0.717, 1.165) is 19.3 Å². The number of rotatable bonds is 4. The molecular weight excluding hydrogens is 260 g/mol. The molecule has 2 amide bonds. The normalized spacial score (nSPS) is 20.2. The van der Waals surface area contributed by atoms with Crippen LogP contribution in [0.15, 0.2) is 16.8 Å². The molecule has 0 aromatic carbocycles. The standard InChI is InChI=1S/C14H20N2O2S/c1-2-4-13(17)15-16-7-3-5-11(9-14(16)18)12-6-8-19-10-12/h6,8,10-11H,2-5,7,9H2,1H3,(H,15,17). The number of thiophene rings is 1. The van der Waals surface area contributed by atoms with Crippen molar-refractivity contribution in [3.05, 3.63) is 22.4 Å². The predicted molar refractivity (Wildman–Crippen MR) is 75.7 cm³/mol. The van der Waals surface area contributed by atoms with Gasteiger partial charge in [0.15, 0.2) is 0 Å². The highest BCUT2D eigenvalue weighted by Gasteiger charge is 2.25. The fraction of sp³-hybridized carbons (Fsp3) is 0.571. The third kappa shape index (κ3) is 3.80. The van der Waals surface area contributed by atoms with Crippen LogP contribution in [0.2, 0.25) is 0 Å². The van der Waals surface area contributed by atoms with Gasteiger partial charge >= 0.3 is 0 Å². The highest BCUT2D eigenvalue weighted by molar-refractivity contribution is 7.07. The predicted octanol–water partition coefficient (Wildman–Crippen LogP) is 2.68. The second-order valence-corrected chi connectivity index (χ2v) is 5.71. The van der Waals surface area contributed by atoms with Crippen LogP contribution in [-0.2, 0) is 9.59 Å². The zero-order chi connectivity index (χ0) is 13.7. The molecule has 19 heavy (non-hydrogen) atoms. The van der Waals surface area contributed by atoms with Gasteiger partial charge in [0.05, 0.1) is 0 Å². The number of hydrogen-bond acceptors (Lipinski definition) is 3. The maximum absolute atomic E-state index is 12.2. The van der Waals surface area contributed by atoms with Crippen molar-refractivity contribution in [2.45, 2.75) is 44.9 Å². The van der Waals surface area contributed by atoms with E-state index in [0.29, 0.717) is 25.3 Å². The average Bonchev–Trinajstić information content (AvgIpc) is 2.84.